The Balaban J connectivity index is 2.12. The average molecular weight is 407 g/mol. The molecule has 0 spiro atoms. The maximum absolute atomic E-state index is 12.7. The maximum atomic E-state index is 12.7. The van der Waals surface area contributed by atoms with Crippen LogP contribution >= 0.6 is 0 Å². The lowest BCUT2D eigenvalue weighted by atomic mass is 10.1. The Morgan fingerprint density at radius 2 is 1.86 bits per heavy atom. The van der Waals surface area contributed by atoms with Crippen LogP contribution in [0.1, 0.15) is 29.3 Å². The van der Waals surface area contributed by atoms with E-state index in [0.29, 0.717) is 38.3 Å². The fourth-order valence-corrected chi connectivity index (χ4v) is 3.89. The van der Waals surface area contributed by atoms with Crippen molar-refractivity contribution in [2.75, 3.05) is 31.6 Å². The summed E-state index contributed by atoms with van der Waals surface area (Å²) in [6.45, 7) is 3.63. The van der Waals surface area contributed by atoms with Gasteiger partial charge in [0.25, 0.3) is 0 Å². The molecule has 0 saturated carbocycles. The molecule has 0 radical (unpaired) electrons. The van der Waals surface area contributed by atoms with Crippen LogP contribution < -0.4 is 10.0 Å². The molecule has 0 aromatic heterocycles. The number of carboxylic acids is 1. The van der Waals surface area contributed by atoms with Gasteiger partial charge in [-0.25, -0.2) is 17.9 Å². The van der Waals surface area contributed by atoms with Crippen molar-refractivity contribution in [1.29, 1.82) is 0 Å². The van der Waals surface area contributed by atoms with Crippen molar-refractivity contribution >= 4 is 21.7 Å². The molecule has 0 bridgehead atoms. The molecule has 0 aliphatic carbocycles. The fraction of sp³-hybridized carbons (Fsp3) is 0.350. The number of rotatable bonds is 12. The minimum absolute atomic E-state index is 0.0723. The molecule has 2 aromatic rings. The van der Waals surface area contributed by atoms with Crippen molar-refractivity contribution in [3.8, 4) is 0 Å². The van der Waals surface area contributed by atoms with E-state index in [4.69, 9.17) is 4.74 Å². The Morgan fingerprint density at radius 3 is 2.54 bits per heavy atom. The van der Waals surface area contributed by atoms with Crippen molar-refractivity contribution < 1.29 is 23.1 Å². The summed E-state index contributed by atoms with van der Waals surface area (Å²) in [4.78, 5) is 11.2. The SMILES string of the molecule is CCOCCCNS(=O)(=O)c1cc(C(=O)O)ccc1NCCc1ccccc1. The van der Waals surface area contributed by atoms with Gasteiger partial charge in [-0.1, -0.05) is 30.3 Å². The lowest BCUT2D eigenvalue weighted by Gasteiger charge is -2.14. The summed E-state index contributed by atoms with van der Waals surface area (Å²) in [5.41, 5.74) is 1.41. The van der Waals surface area contributed by atoms with E-state index in [0.717, 1.165) is 5.56 Å². The first kappa shape index (κ1) is 21.9. The predicted molar refractivity (Wildman–Crippen MR) is 108 cm³/mol. The van der Waals surface area contributed by atoms with Gasteiger partial charge in [-0.2, -0.15) is 0 Å². The quantitative estimate of drug-likeness (QED) is 0.468. The molecule has 0 fully saturated rings. The number of carbonyl (C=O) groups is 1. The Labute approximate surface area is 165 Å². The Hall–Kier alpha value is -2.42. The van der Waals surface area contributed by atoms with Crippen LogP contribution in [0.25, 0.3) is 0 Å². The van der Waals surface area contributed by atoms with Gasteiger partial charge in [0.2, 0.25) is 10.0 Å². The topological polar surface area (TPSA) is 105 Å². The summed E-state index contributed by atoms with van der Waals surface area (Å²) in [7, 11) is -3.86. The second-order valence-corrected chi connectivity index (χ2v) is 7.86. The van der Waals surface area contributed by atoms with Crippen molar-refractivity contribution in [2.45, 2.75) is 24.7 Å². The number of hydrogen-bond donors (Lipinski definition) is 3. The van der Waals surface area contributed by atoms with Gasteiger partial charge in [0, 0.05) is 26.3 Å². The zero-order valence-electron chi connectivity index (χ0n) is 15.8. The first-order valence-electron chi connectivity index (χ1n) is 9.16. The molecule has 0 atom stereocenters. The van der Waals surface area contributed by atoms with Crippen LogP contribution in [0.3, 0.4) is 0 Å². The van der Waals surface area contributed by atoms with Crippen LogP contribution in [0.5, 0.6) is 0 Å². The van der Waals surface area contributed by atoms with E-state index in [1.54, 1.807) is 0 Å². The van der Waals surface area contributed by atoms with E-state index < -0.39 is 16.0 Å². The predicted octanol–water partition coefficient (Wildman–Crippen LogP) is 2.74. The van der Waals surface area contributed by atoms with Gasteiger partial charge in [0.1, 0.15) is 4.90 Å². The molecule has 2 rings (SSSR count). The molecular weight excluding hydrogens is 380 g/mol. The highest BCUT2D eigenvalue weighted by Gasteiger charge is 2.20. The monoisotopic (exact) mass is 406 g/mol. The number of aromatic carboxylic acids is 1. The Bertz CT molecular complexity index is 869. The zero-order chi connectivity index (χ0) is 20.4. The maximum Gasteiger partial charge on any atom is 0.335 e. The fourth-order valence-electron chi connectivity index (χ4n) is 2.61. The third kappa shape index (κ3) is 6.63. The third-order valence-electron chi connectivity index (χ3n) is 4.05. The van der Waals surface area contributed by atoms with Crippen LogP contribution in [0, 0.1) is 0 Å². The number of benzene rings is 2. The van der Waals surface area contributed by atoms with Gasteiger partial charge < -0.3 is 15.2 Å². The number of ether oxygens (including phenoxy) is 1. The van der Waals surface area contributed by atoms with Gasteiger partial charge in [-0.3, -0.25) is 0 Å². The Morgan fingerprint density at radius 1 is 1.11 bits per heavy atom. The molecular formula is C20H26N2O5S. The van der Waals surface area contributed by atoms with Crippen LogP contribution in [-0.4, -0.2) is 45.8 Å². The average Bonchev–Trinajstić information content (AvgIpc) is 2.68. The lowest BCUT2D eigenvalue weighted by Crippen LogP contribution is -2.27. The van der Waals surface area contributed by atoms with Crippen LogP contribution in [0.4, 0.5) is 5.69 Å². The molecule has 7 nitrogen and oxygen atoms in total. The van der Waals surface area contributed by atoms with Crippen molar-refractivity contribution in [1.82, 2.24) is 4.72 Å². The van der Waals surface area contributed by atoms with Crippen molar-refractivity contribution in [3.63, 3.8) is 0 Å². The third-order valence-corrected chi connectivity index (χ3v) is 5.55. The Kier molecular flexibility index (Phi) is 8.43. The number of hydrogen-bond acceptors (Lipinski definition) is 5. The lowest BCUT2D eigenvalue weighted by molar-refractivity contribution is 0.0696. The van der Waals surface area contributed by atoms with E-state index in [-0.39, 0.29) is 17.0 Å². The standard InChI is InChI=1S/C20H26N2O5S/c1-2-27-14-6-12-22-28(25,26)19-15-17(20(23)24)9-10-18(19)21-13-11-16-7-4-3-5-8-16/h3-5,7-10,15,21-22H,2,6,11-14H2,1H3,(H,23,24). The number of nitrogens with one attached hydrogen (secondary N) is 2. The molecule has 0 unspecified atom stereocenters. The van der Waals surface area contributed by atoms with Crippen LogP contribution in [0.15, 0.2) is 53.4 Å². The summed E-state index contributed by atoms with van der Waals surface area (Å²) in [6.07, 6.45) is 1.24. The zero-order valence-corrected chi connectivity index (χ0v) is 16.7. The van der Waals surface area contributed by atoms with E-state index in [2.05, 4.69) is 10.0 Å². The molecule has 28 heavy (non-hydrogen) atoms. The largest absolute Gasteiger partial charge is 0.478 e. The van der Waals surface area contributed by atoms with E-state index >= 15 is 0 Å². The van der Waals surface area contributed by atoms with Gasteiger partial charge in [0.15, 0.2) is 0 Å². The number of anilines is 1. The minimum Gasteiger partial charge on any atom is -0.478 e. The van der Waals surface area contributed by atoms with E-state index in [1.165, 1.54) is 18.2 Å². The highest BCUT2D eigenvalue weighted by molar-refractivity contribution is 7.89. The summed E-state index contributed by atoms with van der Waals surface area (Å²) in [5, 5.41) is 12.3. The van der Waals surface area contributed by atoms with Gasteiger partial charge in [-0.05, 0) is 43.5 Å². The van der Waals surface area contributed by atoms with Crippen LogP contribution in [0.2, 0.25) is 0 Å². The molecule has 0 heterocycles. The van der Waals surface area contributed by atoms with Crippen LogP contribution in [-0.2, 0) is 21.2 Å². The molecule has 152 valence electrons. The first-order chi connectivity index (χ1) is 13.4. The molecule has 0 aliphatic heterocycles. The smallest absolute Gasteiger partial charge is 0.335 e. The second kappa shape index (κ2) is 10.8. The van der Waals surface area contributed by atoms with Gasteiger partial charge in [-0.15, -0.1) is 0 Å². The summed E-state index contributed by atoms with van der Waals surface area (Å²) < 4.78 is 33.1. The normalized spacial score (nSPS) is 11.3. The van der Waals surface area contributed by atoms with E-state index in [9.17, 15) is 18.3 Å². The first-order valence-corrected chi connectivity index (χ1v) is 10.6. The van der Waals surface area contributed by atoms with Gasteiger partial charge in [0.05, 0.1) is 11.3 Å². The van der Waals surface area contributed by atoms with E-state index in [1.807, 2.05) is 37.3 Å². The van der Waals surface area contributed by atoms with Crippen molar-refractivity contribution in [2.24, 2.45) is 0 Å². The number of sulfonamides is 1. The molecule has 0 saturated heterocycles. The highest BCUT2D eigenvalue weighted by atomic mass is 32.2. The van der Waals surface area contributed by atoms with Gasteiger partial charge >= 0.3 is 5.97 Å². The molecule has 2 aromatic carbocycles. The number of carboxylic acid groups (broad SMARTS) is 1. The summed E-state index contributed by atoms with van der Waals surface area (Å²) in [5.74, 6) is -1.18. The molecule has 3 N–H and O–H groups in total. The molecule has 0 aliphatic rings. The molecule has 0 amide bonds. The highest BCUT2D eigenvalue weighted by Crippen LogP contribution is 2.23. The summed E-state index contributed by atoms with van der Waals surface area (Å²) >= 11 is 0. The second-order valence-electron chi connectivity index (χ2n) is 6.13. The molecule has 8 heteroatoms. The van der Waals surface area contributed by atoms with Crippen molar-refractivity contribution in [3.05, 3.63) is 59.7 Å². The minimum atomic E-state index is -3.86. The summed E-state index contributed by atoms with van der Waals surface area (Å²) in [6, 6.07) is 13.9.